The highest BCUT2D eigenvalue weighted by Crippen LogP contribution is 2.21. The lowest BCUT2D eigenvalue weighted by molar-refractivity contribution is -0.135. The van der Waals surface area contributed by atoms with Crippen LogP contribution in [-0.2, 0) is 9.22 Å². The van der Waals surface area contributed by atoms with Crippen molar-refractivity contribution in [1.82, 2.24) is 0 Å². The zero-order valence-electron chi connectivity index (χ0n) is 14.2. The summed E-state index contributed by atoms with van der Waals surface area (Å²) in [4.78, 5) is 12.2. The van der Waals surface area contributed by atoms with Gasteiger partial charge in [0, 0.05) is 0 Å². The maximum absolute atomic E-state index is 12.2. The van der Waals surface area contributed by atoms with E-state index in [9.17, 15) is 4.79 Å². The first-order valence-corrected chi connectivity index (χ1v) is 11.3. The second kappa shape index (κ2) is 8.91. The van der Waals surface area contributed by atoms with Crippen LogP contribution in [0.3, 0.4) is 0 Å². The van der Waals surface area contributed by atoms with Crippen molar-refractivity contribution in [3.63, 3.8) is 0 Å². The topological polar surface area (TPSA) is 35.5 Å². The average molecular weight is 321 g/mol. The summed E-state index contributed by atoms with van der Waals surface area (Å²) in [6.45, 7) is 12.6. The lowest BCUT2D eigenvalue weighted by Crippen LogP contribution is -2.35. The van der Waals surface area contributed by atoms with Crippen molar-refractivity contribution in [2.24, 2.45) is 0 Å². The van der Waals surface area contributed by atoms with Gasteiger partial charge in [-0.2, -0.15) is 0 Å². The molecule has 1 aromatic carbocycles. The van der Waals surface area contributed by atoms with E-state index in [0.29, 0.717) is 5.75 Å². The number of para-hydroxylation sites is 1. The Bertz CT molecular complexity index is 477. The van der Waals surface area contributed by atoms with Gasteiger partial charge in [0.05, 0.1) is 12.5 Å². The van der Waals surface area contributed by atoms with E-state index in [4.69, 9.17) is 9.16 Å². The fourth-order valence-corrected chi connectivity index (χ4v) is 3.18. The standard InChI is InChI=1S/C18H28O3Si/c1-6-7-11-15(2)17(21-22(3,4)5)14-18(19)20-16-12-9-8-10-13-16/h8-10,12-13,17H,2,6-7,11,14H2,1,3-5H3. The van der Waals surface area contributed by atoms with E-state index in [0.717, 1.165) is 24.8 Å². The van der Waals surface area contributed by atoms with Crippen LogP contribution in [0.1, 0.15) is 32.6 Å². The number of ether oxygens (including phenoxy) is 1. The van der Waals surface area contributed by atoms with Gasteiger partial charge in [0.1, 0.15) is 5.75 Å². The van der Waals surface area contributed by atoms with Gasteiger partial charge < -0.3 is 9.16 Å². The van der Waals surface area contributed by atoms with Crippen molar-refractivity contribution in [2.75, 3.05) is 0 Å². The SMILES string of the molecule is C=C(CCCC)C(CC(=O)Oc1ccccc1)O[Si](C)(C)C. The Hall–Kier alpha value is -1.39. The first kappa shape index (κ1) is 18.7. The number of rotatable bonds is 9. The van der Waals surface area contributed by atoms with Gasteiger partial charge in [-0.1, -0.05) is 38.1 Å². The van der Waals surface area contributed by atoms with E-state index in [1.807, 2.05) is 18.2 Å². The lowest BCUT2D eigenvalue weighted by atomic mass is 10.0. The van der Waals surface area contributed by atoms with Gasteiger partial charge in [0.2, 0.25) is 0 Å². The molecule has 1 atom stereocenters. The largest absolute Gasteiger partial charge is 0.426 e. The Morgan fingerprint density at radius 3 is 2.41 bits per heavy atom. The number of hydrogen-bond acceptors (Lipinski definition) is 3. The van der Waals surface area contributed by atoms with Crippen LogP contribution in [0.2, 0.25) is 19.6 Å². The molecular formula is C18H28O3Si. The molecule has 0 fully saturated rings. The van der Waals surface area contributed by atoms with Gasteiger partial charge >= 0.3 is 5.97 Å². The smallest absolute Gasteiger partial charge is 0.314 e. The number of carbonyl (C=O) groups is 1. The highest BCUT2D eigenvalue weighted by Gasteiger charge is 2.25. The fraction of sp³-hybridized carbons (Fsp3) is 0.500. The molecule has 3 nitrogen and oxygen atoms in total. The quantitative estimate of drug-likeness (QED) is 0.279. The Kier molecular flexibility index (Phi) is 7.55. The maximum Gasteiger partial charge on any atom is 0.314 e. The van der Waals surface area contributed by atoms with E-state index in [1.54, 1.807) is 12.1 Å². The van der Waals surface area contributed by atoms with Gasteiger partial charge in [-0.3, -0.25) is 4.79 Å². The van der Waals surface area contributed by atoms with Crippen LogP contribution < -0.4 is 4.74 Å². The predicted octanol–water partition coefficient (Wildman–Crippen LogP) is 4.95. The third-order valence-electron chi connectivity index (χ3n) is 3.13. The van der Waals surface area contributed by atoms with Crippen molar-refractivity contribution >= 4 is 14.3 Å². The molecule has 22 heavy (non-hydrogen) atoms. The molecule has 1 rings (SSSR count). The van der Waals surface area contributed by atoms with Crippen LogP contribution in [0, 0.1) is 0 Å². The predicted molar refractivity (Wildman–Crippen MR) is 93.6 cm³/mol. The second-order valence-electron chi connectivity index (χ2n) is 6.47. The molecule has 1 unspecified atom stereocenters. The molecule has 1 aromatic rings. The van der Waals surface area contributed by atoms with E-state index >= 15 is 0 Å². The summed E-state index contributed by atoms with van der Waals surface area (Å²) < 4.78 is 11.5. The third kappa shape index (κ3) is 7.57. The summed E-state index contributed by atoms with van der Waals surface area (Å²) in [5.74, 6) is 0.297. The zero-order chi connectivity index (χ0) is 16.6. The van der Waals surface area contributed by atoms with Gasteiger partial charge in [-0.25, -0.2) is 0 Å². The number of carbonyl (C=O) groups excluding carboxylic acids is 1. The van der Waals surface area contributed by atoms with Crippen molar-refractivity contribution in [3.05, 3.63) is 42.5 Å². The Morgan fingerprint density at radius 1 is 1.23 bits per heavy atom. The number of hydrogen-bond donors (Lipinski definition) is 0. The van der Waals surface area contributed by atoms with E-state index in [-0.39, 0.29) is 18.5 Å². The Labute approximate surface area is 135 Å². The van der Waals surface area contributed by atoms with E-state index in [1.165, 1.54) is 0 Å². The molecule has 0 saturated heterocycles. The first-order valence-electron chi connectivity index (χ1n) is 7.93. The van der Waals surface area contributed by atoms with Crippen molar-refractivity contribution in [2.45, 2.75) is 58.4 Å². The van der Waals surface area contributed by atoms with Crippen LogP contribution in [0.5, 0.6) is 5.75 Å². The van der Waals surface area contributed by atoms with E-state index in [2.05, 4.69) is 33.1 Å². The monoisotopic (exact) mass is 320 g/mol. The highest BCUT2D eigenvalue weighted by atomic mass is 28.4. The zero-order valence-corrected chi connectivity index (χ0v) is 15.2. The number of benzene rings is 1. The normalized spacial score (nSPS) is 12.7. The molecule has 0 spiro atoms. The molecule has 0 N–H and O–H groups in total. The molecule has 0 radical (unpaired) electrons. The molecule has 0 bridgehead atoms. The molecule has 0 heterocycles. The fourth-order valence-electron chi connectivity index (χ4n) is 2.07. The molecule has 0 amide bonds. The average Bonchev–Trinajstić information content (AvgIpc) is 2.43. The van der Waals surface area contributed by atoms with Crippen LogP contribution in [-0.4, -0.2) is 20.4 Å². The molecular weight excluding hydrogens is 292 g/mol. The third-order valence-corrected chi connectivity index (χ3v) is 4.12. The minimum absolute atomic E-state index is 0.224. The van der Waals surface area contributed by atoms with Crippen molar-refractivity contribution in [1.29, 1.82) is 0 Å². The van der Waals surface area contributed by atoms with Crippen LogP contribution in [0.25, 0.3) is 0 Å². The van der Waals surface area contributed by atoms with Crippen molar-refractivity contribution in [3.8, 4) is 5.75 Å². The summed E-state index contributed by atoms with van der Waals surface area (Å²) in [5.41, 5.74) is 0.995. The molecule has 0 aromatic heterocycles. The van der Waals surface area contributed by atoms with Crippen LogP contribution >= 0.6 is 0 Å². The minimum atomic E-state index is -1.75. The molecule has 0 aliphatic rings. The second-order valence-corrected chi connectivity index (χ2v) is 10.9. The molecule has 0 aliphatic heterocycles. The Balaban J connectivity index is 2.66. The summed E-state index contributed by atoms with van der Waals surface area (Å²) in [5, 5.41) is 0. The maximum atomic E-state index is 12.2. The highest BCUT2D eigenvalue weighted by molar-refractivity contribution is 6.69. The molecule has 4 heteroatoms. The lowest BCUT2D eigenvalue weighted by Gasteiger charge is -2.27. The van der Waals surface area contributed by atoms with Gasteiger partial charge in [-0.05, 0) is 50.2 Å². The summed E-state index contributed by atoms with van der Waals surface area (Å²) >= 11 is 0. The molecule has 0 aliphatic carbocycles. The first-order chi connectivity index (χ1) is 10.3. The van der Waals surface area contributed by atoms with Crippen molar-refractivity contribution < 1.29 is 14.0 Å². The molecule has 122 valence electrons. The summed E-state index contributed by atoms with van der Waals surface area (Å²) in [7, 11) is -1.75. The minimum Gasteiger partial charge on any atom is -0.426 e. The van der Waals surface area contributed by atoms with Crippen LogP contribution in [0.15, 0.2) is 42.5 Å². The van der Waals surface area contributed by atoms with Gasteiger partial charge in [-0.15, -0.1) is 0 Å². The van der Waals surface area contributed by atoms with Crippen LogP contribution in [0.4, 0.5) is 0 Å². The summed E-state index contributed by atoms with van der Waals surface area (Å²) in [6.07, 6.45) is 3.05. The number of unbranched alkanes of at least 4 members (excludes halogenated alkanes) is 1. The van der Waals surface area contributed by atoms with E-state index < -0.39 is 8.32 Å². The van der Waals surface area contributed by atoms with Gasteiger partial charge in [0.25, 0.3) is 0 Å². The number of esters is 1. The Morgan fingerprint density at radius 2 is 1.86 bits per heavy atom. The summed E-state index contributed by atoms with van der Waals surface area (Å²) in [6, 6.07) is 9.13. The van der Waals surface area contributed by atoms with Gasteiger partial charge in [0.15, 0.2) is 8.32 Å². The molecule has 0 saturated carbocycles.